The first-order valence-electron chi connectivity index (χ1n) is 9.67. The van der Waals surface area contributed by atoms with Gasteiger partial charge in [-0.05, 0) is 29.8 Å². The van der Waals surface area contributed by atoms with Gasteiger partial charge in [-0.3, -0.25) is 4.79 Å². The van der Waals surface area contributed by atoms with Crippen molar-refractivity contribution in [3.05, 3.63) is 64.3 Å². The number of anilines is 2. The Morgan fingerprint density at radius 3 is 2.62 bits per heavy atom. The van der Waals surface area contributed by atoms with Crippen molar-refractivity contribution >= 4 is 33.3 Å². The van der Waals surface area contributed by atoms with E-state index in [0.717, 1.165) is 9.15 Å². The van der Waals surface area contributed by atoms with Crippen molar-refractivity contribution in [2.75, 3.05) is 17.4 Å². The summed E-state index contributed by atoms with van der Waals surface area (Å²) in [4.78, 5) is 12.7. The minimum atomic E-state index is -4.53. The van der Waals surface area contributed by atoms with E-state index in [1.165, 1.54) is 6.07 Å². The maximum Gasteiger partial charge on any atom is 0.410 e. The quantitative estimate of drug-likeness (QED) is 0.502. The number of rotatable bonds is 3. The SMILES string of the molecule is O=C(Nc1ccc2c(c1)OCO2)c1cc2n(n1)[C@H](C(F)(F)F)C[C@@H](c1ccc(Br)cc1)N2. The van der Waals surface area contributed by atoms with Crippen molar-refractivity contribution in [3.63, 3.8) is 0 Å². The molecule has 2 atom stereocenters. The third kappa shape index (κ3) is 3.88. The van der Waals surface area contributed by atoms with Crippen molar-refractivity contribution < 1.29 is 27.4 Å². The van der Waals surface area contributed by atoms with Gasteiger partial charge in [-0.25, -0.2) is 4.68 Å². The maximum absolute atomic E-state index is 13.8. The topological polar surface area (TPSA) is 77.4 Å². The normalized spacial score (nSPS) is 19.2. The van der Waals surface area contributed by atoms with Crippen LogP contribution < -0.4 is 20.1 Å². The number of carbonyl (C=O) groups is 1. The highest BCUT2D eigenvalue weighted by Gasteiger charge is 2.46. The zero-order valence-corrected chi connectivity index (χ0v) is 17.9. The van der Waals surface area contributed by atoms with Gasteiger partial charge in [-0.1, -0.05) is 28.1 Å². The summed E-state index contributed by atoms with van der Waals surface area (Å²) in [6, 6.07) is 10.8. The van der Waals surface area contributed by atoms with Crippen LogP contribution in [0.15, 0.2) is 53.0 Å². The van der Waals surface area contributed by atoms with Gasteiger partial charge in [-0.15, -0.1) is 0 Å². The molecule has 2 aliphatic rings. The molecule has 2 aromatic carbocycles. The second-order valence-corrected chi connectivity index (χ2v) is 8.34. The van der Waals surface area contributed by atoms with Crippen LogP contribution in [0.3, 0.4) is 0 Å². The smallest absolute Gasteiger partial charge is 0.410 e. The summed E-state index contributed by atoms with van der Waals surface area (Å²) in [5.74, 6) is 0.524. The van der Waals surface area contributed by atoms with Crippen LogP contribution in [0.25, 0.3) is 0 Å². The fourth-order valence-electron chi connectivity index (χ4n) is 3.77. The second-order valence-electron chi connectivity index (χ2n) is 7.42. The van der Waals surface area contributed by atoms with Crippen LogP contribution in [0.1, 0.15) is 34.6 Å². The summed E-state index contributed by atoms with van der Waals surface area (Å²) in [6.45, 7) is 0.0878. The summed E-state index contributed by atoms with van der Waals surface area (Å²) in [5, 5.41) is 9.68. The van der Waals surface area contributed by atoms with E-state index in [1.54, 1.807) is 42.5 Å². The molecule has 2 N–H and O–H groups in total. The van der Waals surface area contributed by atoms with E-state index in [0.29, 0.717) is 22.7 Å². The summed E-state index contributed by atoms with van der Waals surface area (Å²) >= 11 is 3.33. The van der Waals surface area contributed by atoms with Crippen LogP contribution in [-0.4, -0.2) is 28.7 Å². The maximum atomic E-state index is 13.8. The lowest BCUT2D eigenvalue weighted by molar-refractivity contribution is -0.173. The van der Waals surface area contributed by atoms with Crippen molar-refractivity contribution in [3.8, 4) is 11.5 Å². The molecule has 7 nitrogen and oxygen atoms in total. The lowest BCUT2D eigenvalue weighted by Crippen LogP contribution is -2.35. The standard InChI is InChI=1S/C21H16BrF3N4O3/c22-12-3-1-11(2-4-12)14-8-18(21(23,24)25)29-19(27-14)9-15(28-29)20(30)26-13-5-6-16-17(7-13)32-10-31-16/h1-7,9,14,18,27H,8,10H2,(H,26,30)/t14-,18-/m0/s1. The van der Waals surface area contributed by atoms with Crippen molar-refractivity contribution in [1.29, 1.82) is 0 Å². The first-order valence-corrected chi connectivity index (χ1v) is 10.5. The molecule has 11 heteroatoms. The number of fused-ring (bicyclic) bond motifs is 2. The van der Waals surface area contributed by atoms with Crippen LogP contribution in [0, 0.1) is 0 Å². The van der Waals surface area contributed by atoms with Gasteiger partial charge in [0.05, 0.1) is 6.04 Å². The number of nitrogens with zero attached hydrogens (tertiary/aromatic N) is 2. The summed E-state index contributed by atoms with van der Waals surface area (Å²) in [5.41, 5.74) is 0.996. The van der Waals surface area contributed by atoms with Crippen molar-refractivity contribution in [2.24, 2.45) is 0 Å². The van der Waals surface area contributed by atoms with E-state index in [9.17, 15) is 18.0 Å². The lowest BCUT2D eigenvalue weighted by atomic mass is 9.97. The molecule has 0 saturated heterocycles. The fourth-order valence-corrected chi connectivity index (χ4v) is 4.03. The Hall–Kier alpha value is -3.21. The Morgan fingerprint density at radius 1 is 1.12 bits per heavy atom. The predicted octanol–water partition coefficient (Wildman–Crippen LogP) is 5.29. The molecular weight excluding hydrogens is 493 g/mol. The van der Waals surface area contributed by atoms with Gasteiger partial charge in [0.1, 0.15) is 5.82 Å². The van der Waals surface area contributed by atoms with Gasteiger partial charge in [0, 0.05) is 28.7 Å². The van der Waals surface area contributed by atoms with Gasteiger partial charge in [0.25, 0.3) is 5.91 Å². The number of amides is 1. The molecule has 3 aromatic rings. The predicted molar refractivity (Wildman–Crippen MR) is 113 cm³/mol. The van der Waals surface area contributed by atoms with Crippen LogP contribution in [-0.2, 0) is 0 Å². The highest BCUT2D eigenvalue weighted by Crippen LogP contribution is 2.44. The molecule has 3 heterocycles. The Kier molecular flexibility index (Phi) is 5.00. The first kappa shape index (κ1) is 20.7. The molecule has 166 valence electrons. The third-order valence-electron chi connectivity index (χ3n) is 5.33. The molecule has 0 spiro atoms. The lowest BCUT2D eigenvalue weighted by Gasteiger charge is -2.33. The number of ether oxygens (including phenoxy) is 2. The number of benzene rings is 2. The minimum Gasteiger partial charge on any atom is -0.454 e. The average molecular weight is 509 g/mol. The average Bonchev–Trinajstić information content (AvgIpc) is 3.39. The van der Waals surface area contributed by atoms with E-state index in [1.807, 2.05) is 0 Å². The Balaban J connectivity index is 1.42. The number of halogens is 4. The molecule has 1 aromatic heterocycles. The van der Waals surface area contributed by atoms with E-state index in [-0.39, 0.29) is 24.7 Å². The Labute approximate surface area is 188 Å². The number of hydrogen-bond donors (Lipinski definition) is 2. The molecule has 0 fully saturated rings. The molecule has 32 heavy (non-hydrogen) atoms. The number of aromatic nitrogens is 2. The van der Waals surface area contributed by atoms with Gasteiger partial charge in [0.15, 0.2) is 23.2 Å². The molecule has 0 aliphatic carbocycles. The number of carbonyl (C=O) groups excluding carboxylic acids is 1. The summed E-state index contributed by atoms with van der Waals surface area (Å²) in [7, 11) is 0. The highest BCUT2D eigenvalue weighted by molar-refractivity contribution is 9.10. The van der Waals surface area contributed by atoms with Crippen LogP contribution >= 0.6 is 15.9 Å². The molecule has 0 bridgehead atoms. The fraction of sp³-hybridized carbons (Fsp3) is 0.238. The van der Waals surface area contributed by atoms with Crippen LogP contribution in [0.4, 0.5) is 24.7 Å². The molecule has 0 radical (unpaired) electrons. The van der Waals surface area contributed by atoms with Crippen LogP contribution in [0.5, 0.6) is 11.5 Å². The zero-order chi connectivity index (χ0) is 22.5. The van der Waals surface area contributed by atoms with Crippen LogP contribution in [0.2, 0.25) is 0 Å². The zero-order valence-electron chi connectivity index (χ0n) is 16.3. The monoisotopic (exact) mass is 508 g/mol. The highest BCUT2D eigenvalue weighted by atomic mass is 79.9. The summed E-state index contributed by atoms with van der Waals surface area (Å²) < 4.78 is 53.7. The van der Waals surface area contributed by atoms with E-state index >= 15 is 0 Å². The van der Waals surface area contributed by atoms with Crippen molar-refractivity contribution in [1.82, 2.24) is 9.78 Å². The van der Waals surface area contributed by atoms with Gasteiger partial charge in [0.2, 0.25) is 6.79 Å². The molecular formula is C21H16BrF3N4O3. The van der Waals surface area contributed by atoms with Crippen molar-refractivity contribution in [2.45, 2.75) is 24.7 Å². The van der Waals surface area contributed by atoms with Gasteiger partial charge < -0.3 is 20.1 Å². The Morgan fingerprint density at radius 2 is 1.88 bits per heavy atom. The molecule has 5 rings (SSSR count). The first-order chi connectivity index (χ1) is 15.3. The molecule has 0 unspecified atom stereocenters. The van der Waals surface area contributed by atoms with Gasteiger partial charge in [-0.2, -0.15) is 18.3 Å². The van der Waals surface area contributed by atoms with E-state index in [4.69, 9.17) is 9.47 Å². The summed E-state index contributed by atoms with van der Waals surface area (Å²) in [6.07, 6.45) is -4.77. The molecule has 1 amide bonds. The largest absolute Gasteiger partial charge is 0.454 e. The molecule has 2 aliphatic heterocycles. The second kappa shape index (κ2) is 7.73. The molecule has 0 saturated carbocycles. The minimum absolute atomic E-state index is 0.0878. The Bertz CT molecular complexity index is 1180. The number of hydrogen-bond acceptors (Lipinski definition) is 5. The van der Waals surface area contributed by atoms with E-state index < -0.39 is 24.2 Å². The number of alkyl halides is 3. The van der Waals surface area contributed by atoms with E-state index in [2.05, 4.69) is 31.7 Å². The number of nitrogens with one attached hydrogen (secondary N) is 2. The third-order valence-corrected chi connectivity index (χ3v) is 5.85. The van der Waals surface area contributed by atoms with Gasteiger partial charge >= 0.3 is 6.18 Å².